The van der Waals surface area contributed by atoms with E-state index < -0.39 is 28.5 Å². The molecule has 8 heteroatoms. The molecule has 0 spiro atoms. The van der Waals surface area contributed by atoms with Crippen LogP contribution in [0.3, 0.4) is 0 Å². The Morgan fingerprint density at radius 1 is 0.761 bits per heavy atom. The third-order valence-corrected chi connectivity index (χ3v) is 9.80. The highest BCUT2D eigenvalue weighted by molar-refractivity contribution is 7.92. The summed E-state index contributed by atoms with van der Waals surface area (Å²) in [5.74, 6) is -0.292. The minimum atomic E-state index is -4.14. The SMILES string of the molecule is Cc1ccccc1CN(C(=O)CN(c1ccc(C(C)C)cc1)S(=O)(=O)c1ccccc1)[C@H](Cc1ccccc1)C(=O)NCC(C)C. The normalized spacial score (nSPS) is 12.2. The van der Waals surface area contributed by atoms with Crippen molar-refractivity contribution in [2.24, 2.45) is 5.92 Å². The first-order valence-corrected chi connectivity index (χ1v) is 17.2. The lowest BCUT2D eigenvalue weighted by Crippen LogP contribution is -2.53. The molecule has 1 N–H and O–H groups in total. The van der Waals surface area contributed by atoms with E-state index in [1.165, 1.54) is 12.1 Å². The lowest BCUT2D eigenvalue weighted by molar-refractivity contribution is -0.140. The molecule has 4 aromatic carbocycles. The molecule has 0 aliphatic carbocycles. The number of hydrogen-bond acceptors (Lipinski definition) is 4. The summed E-state index contributed by atoms with van der Waals surface area (Å²) in [5, 5.41) is 3.03. The van der Waals surface area contributed by atoms with E-state index in [2.05, 4.69) is 19.2 Å². The molecular formula is C38H45N3O4S. The number of amides is 2. The largest absolute Gasteiger partial charge is 0.354 e. The van der Waals surface area contributed by atoms with Crippen molar-refractivity contribution in [3.8, 4) is 0 Å². The number of sulfonamides is 1. The van der Waals surface area contributed by atoms with Gasteiger partial charge in [-0.15, -0.1) is 0 Å². The maximum absolute atomic E-state index is 14.6. The number of anilines is 1. The second-order valence-corrected chi connectivity index (χ2v) is 14.2. The maximum atomic E-state index is 14.6. The summed E-state index contributed by atoms with van der Waals surface area (Å²) in [6.07, 6.45) is 0.275. The second kappa shape index (κ2) is 15.7. The molecule has 242 valence electrons. The van der Waals surface area contributed by atoms with Crippen molar-refractivity contribution in [3.63, 3.8) is 0 Å². The number of carbonyl (C=O) groups excluding carboxylic acids is 2. The zero-order valence-electron chi connectivity index (χ0n) is 27.4. The van der Waals surface area contributed by atoms with Crippen LogP contribution in [0.1, 0.15) is 55.9 Å². The molecule has 0 bridgehead atoms. The second-order valence-electron chi connectivity index (χ2n) is 12.4. The molecule has 0 unspecified atom stereocenters. The molecule has 0 aromatic heterocycles. The van der Waals surface area contributed by atoms with Crippen LogP contribution in [-0.4, -0.2) is 44.3 Å². The van der Waals surface area contributed by atoms with E-state index in [0.717, 1.165) is 26.6 Å². The van der Waals surface area contributed by atoms with E-state index >= 15 is 0 Å². The minimum absolute atomic E-state index is 0.0803. The van der Waals surface area contributed by atoms with E-state index in [1.807, 2.05) is 87.5 Å². The predicted octanol–water partition coefficient (Wildman–Crippen LogP) is 6.73. The van der Waals surface area contributed by atoms with Gasteiger partial charge in [-0.05, 0) is 65.3 Å². The number of carbonyl (C=O) groups is 2. The first-order valence-electron chi connectivity index (χ1n) is 15.8. The number of aryl methyl sites for hydroxylation is 1. The van der Waals surface area contributed by atoms with Crippen LogP contribution < -0.4 is 9.62 Å². The summed E-state index contributed by atoms with van der Waals surface area (Å²) in [4.78, 5) is 30.1. The molecule has 0 heterocycles. The Morgan fingerprint density at radius 3 is 1.93 bits per heavy atom. The molecule has 0 aliphatic heterocycles. The molecule has 1 atom stereocenters. The number of benzene rings is 4. The van der Waals surface area contributed by atoms with Gasteiger partial charge in [0.2, 0.25) is 11.8 Å². The Hall–Kier alpha value is -4.43. The van der Waals surface area contributed by atoms with E-state index in [-0.39, 0.29) is 35.6 Å². The summed E-state index contributed by atoms with van der Waals surface area (Å²) >= 11 is 0. The van der Waals surface area contributed by atoms with Crippen LogP contribution in [0.25, 0.3) is 0 Å². The van der Waals surface area contributed by atoms with Crippen LogP contribution >= 0.6 is 0 Å². The summed E-state index contributed by atoms with van der Waals surface area (Å²) in [6, 6.07) is 31.8. The average Bonchev–Trinajstić information content (AvgIpc) is 3.05. The molecule has 4 rings (SSSR count). The third kappa shape index (κ3) is 8.85. The number of nitrogens with one attached hydrogen (secondary N) is 1. The van der Waals surface area contributed by atoms with Gasteiger partial charge in [-0.2, -0.15) is 0 Å². The summed E-state index contributed by atoms with van der Waals surface area (Å²) in [6.45, 7) is 10.2. The lowest BCUT2D eigenvalue weighted by atomic mass is 10.0. The van der Waals surface area contributed by atoms with Gasteiger partial charge in [0.1, 0.15) is 12.6 Å². The van der Waals surface area contributed by atoms with Crippen LogP contribution in [0.4, 0.5) is 5.69 Å². The van der Waals surface area contributed by atoms with Crippen molar-refractivity contribution < 1.29 is 18.0 Å². The highest BCUT2D eigenvalue weighted by Gasteiger charge is 2.34. The van der Waals surface area contributed by atoms with Gasteiger partial charge in [0.15, 0.2) is 0 Å². The molecule has 0 radical (unpaired) electrons. The topological polar surface area (TPSA) is 86.8 Å². The van der Waals surface area contributed by atoms with Gasteiger partial charge in [-0.3, -0.25) is 13.9 Å². The predicted molar refractivity (Wildman–Crippen MR) is 185 cm³/mol. The first kappa shape index (κ1) is 34.4. The van der Waals surface area contributed by atoms with Crippen molar-refractivity contribution in [1.82, 2.24) is 10.2 Å². The molecule has 0 aliphatic rings. The van der Waals surface area contributed by atoms with Gasteiger partial charge >= 0.3 is 0 Å². The standard InChI is InChI=1S/C38H45N3O4S/c1-28(2)25-39-38(43)36(24-31-15-8-6-9-16-31)40(26-33-17-13-12-14-30(33)5)37(42)27-41(34-22-20-32(21-23-34)29(3)4)46(44,45)35-18-10-7-11-19-35/h6-23,28-29,36H,24-27H2,1-5H3,(H,39,43)/t36-/m1/s1. The molecule has 4 aromatic rings. The van der Waals surface area contributed by atoms with Gasteiger partial charge in [0.25, 0.3) is 10.0 Å². The molecule has 2 amide bonds. The fraction of sp³-hybridized carbons (Fsp3) is 0.316. The van der Waals surface area contributed by atoms with E-state index in [9.17, 15) is 18.0 Å². The number of hydrogen-bond donors (Lipinski definition) is 1. The van der Waals surface area contributed by atoms with Crippen molar-refractivity contribution in [2.75, 3.05) is 17.4 Å². The Balaban J connectivity index is 1.81. The smallest absolute Gasteiger partial charge is 0.264 e. The molecule has 7 nitrogen and oxygen atoms in total. The Bertz CT molecular complexity index is 1690. The Kier molecular flexibility index (Phi) is 11.8. The minimum Gasteiger partial charge on any atom is -0.354 e. The van der Waals surface area contributed by atoms with Crippen LogP contribution in [0, 0.1) is 12.8 Å². The molecule has 0 saturated heterocycles. The van der Waals surface area contributed by atoms with E-state index in [4.69, 9.17) is 0 Å². The fourth-order valence-corrected chi connectivity index (χ4v) is 6.66. The zero-order valence-corrected chi connectivity index (χ0v) is 28.2. The fourth-order valence-electron chi connectivity index (χ4n) is 5.22. The van der Waals surface area contributed by atoms with Crippen LogP contribution in [-0.2, 0) is 32.6 Å². The van der Waals surface area contributed by atoms with Crippen LogP contribution in [0.15, 0.2) is 114 Å². The summed E-state index contributed by atoms with van der Waals surface area (Å²) < 4.78 is 29.5. The quantitative estimate of drug-likeness (QED) is 0.166. The summed E-state index contributed by atoms with van der Waals surface area (Å²) in [5.41, 5.74) is 4.18. The van der Waals surface area contributed by atoms with Crippen molar-refractivity contribution in [1.29, 1.82) is 0 Å². The Morgan fingerprint density at radius 2 is 1.35 bits per heavy atom. The molecule has 46 heavy (non-hydrogen) atoms. The van der Waals surface area contributed by atoms with Crippen molar-refractivity contribution in [3.05, 3.63) is 131 Å². The monoisotopic (exact) mass is 639 g/mol. The number of nitrogens with zero attached hydrogens (tertiary/aromatic N) is 2. The maximum Gasteiger partial charge on any atom is 0.264 e. The van der Waals surface area contributed by atoms with E-state index in [0.29, 0.717) is 12.2 Å². The van der Waals surface area contributed by atoms with Crippen LogP contribution in [0.5, 0.6) is 0 Å². The first-order chi connectivity index (χ1) is 22.0. The van der Waals surface area contributed by atoms with E-state index in [1.54, 1.807) is 35.2 Å². The number of rotatable bonds is 14. The highest BCUT2D eigenvalue weighted by atomic mass is 32.2. The van der Waals surface area contributed by atoms with Crippen LogP contribution in [0.2, 0.25) is 0 Å². The third-order valence-electron chi connectivity index (χ3n) is 8.02. The summed E-state index contributed by atoms with van der Waals surface area (Å²) in [7, 11) is -4.14. The van der Waals surface area contributed by atoms with Crippen molar-refractivity contribution >= 4 is 27.5 Å². The average molecular weight is 640 g/mol. The zero-order chi connectivity index (χ0) is 33.3. The highest BCUT2D eigenvalue weighted by Crippen LogP contribution is 2.27. The van der Waals surface area contributed by atoms with Gasteiger partial charge < -0.3 is 10.2 Å². The van der Waals surface area contributed by atoms with Gasteiger partial charge in [-0.1, -0.05) is 113 Å². The Labute approximate surface area is 274 Å². The van der Waals surface area contributed by atoms with Gasteiger partial charge in [0.05, 0.1) is 10.6 Å². The van der Waals surface area contributed by atoms with Crippen molar-refractivity contribution in [2.45, 2.75) is 64.4 Å². The molecule has 0 saturated carbocycles. The molecular weight excluding hydrogens is 595 g/mol. The molecule has 0 fully saturated rings. The van der Waals surface area contributed by atoms with Gasteiger partial charge in [-0.25, -0.2) is 8.42 Å². The van der Waals surface area contributed by atoms with Gasteiger partial charge in [0, 0.05) is 19.5 Å². The lowest BCUT2D eigenvalue weighted by Gasteiger charge is -2.34.